The van der Waals surface area contributed by atoms with Crippen molar-refractivity contribution in [1.29, 1.82) is 0 Å². The number of nitrogens with one attached hydrogen (secondary N) is 1. The number of aryl methyl sites for hydroxylation is 1. The Kier molecular flexibility index (Phi) is 5.21. The number of nitrogens with zero attached hydrogens (tertiary/aromatic N) is 2. The van der Waals surface area contributed by atoms with Crippen molar-refractivity contribution in [2.24, 2.45) is 0 Å². The van der Waals surface area contributed by atoms with Crippen molar-refractivity contribution < 1.29 is 0 Å². The largest absolute Gasteiger partial charge is 0.310 e. The standard InChI is InChI=1S/C13H16ClN3S2/c1-8(2)15-7-10-6-11(14)4-5-12(10)19-13-17-16-9(3)18-13/h4-6,8,15H,7H2,1-3H3. The fourth-order valence-corrected chi connectivity index (χ4v) is 3.59. The molecule has 6 heteroatoms. The quantitative estimate of drug-likeness (QED) is 0.900. The summed E-state index contributed by atoms with van der Waals surface area (Å²) in [6.07, 6.45) is 0. The minimum absolute atomic E-state index is 0.445. The van der Waals surface area contributed by atoms with Gasteiger partial charge in [-0.05, 0) is 30.7 Å². The van der Waals surface area contributed by atoms with E-state index in [0.717, 1.165) is 20.9 Å². The van der Waals surface area contributed by atoms with Crippen molar-refractivity contribution in [3.05, 3.63) is 33.8 Å². The first-order valence-corrected chi connectivity index (χ1v) is 8.05. The lowest BCUT2D eigenvalue weighted by molar-refractivity contribution is 0.585. The fourth-order valence-electron chi connectivity index (χ4n) is 1.51. The number of halogens is 1. The molecule has 3 nitrogen and oxygen atoms in total. The maximum absolute atomic E-state index is 6.08. The van der Waals surface area contributed by atoms with Gasteiger partial charge in [-0.2, -0.15) is 0 Å². The molecule has 19 heavy (non-hydrogen) atoms. The third-order valence-corrected chi connectivity index (χ3v) is 4.67. The highest BCUT2D eigenvalue weighted by Crippen LogP contribution is 2.33. The van der Waals surface area contributed by atoms with Gasteiger partial charge < -0.3 is 5.32 Å². The first-order valence-electron chi connectivity index (χ1n) is 6.04. The van der Waals surface area contributed by atoms with E-state index in [-0.39, 0.29) is 0 Å². The van der Waals surface area contributed by atoms with Crippen LogP contribution in [0.3, 0.4) is 0 Å². The average molecular weight is 314 g/mol. The Hall–Kier alpha value is -0.620. The Balaban J connectivity index is 2.18. The van der Waals surface area contributed by atoms with E-state index in [9.17, 15) is 0 Å². The molecule has 1 aromatic heterocycles. The summed E-state index contributed by atoms with van der Waals surface area (Å²) < 4.78 is 0.964. The first kappa shape index (κ1) is 14.8. The monoisotopic (exact) mass is 313 g/mol. The zero-order valence-corrected chi connectivity index (χ0v) is 13.5. The first-order chi connectivity index (χ1) is 9.04. The van der Waals surface area contributed by atoms with Gasteiger partial charge in [-0.15, -0.1) is 10.2 Å². The average Bonchev–Trinajstić information content (AvgIpc) is 2.75. The Morgan fingerprint density at radius 1 is 1.37 bits per heavy atom. The summed E-state index contributed by atoms with van der Waals surface area (Å²) >= 11 is 9.33. The lowest BCUT2D eigenvalue weighted by atomic mass is 10.2. The molecule has 0 spiro atoms. The van der Waals surface area contributed by atoms with Gasteiger partial charge in [-0.3, -0.25) is 0 Å². The van der Waals surface area contributed by atoms with E-state index in [2.05, 4.69) is 29.4 Å². The van der Waals surface area contributed by atoms with Crippen LogP contribution >= 0.6 is 34.7 Å². The number of hydrogen-bond acceptors (Lipinski definition) is 5. The second-order valence-corrected chi connectivity index (χ2v) is 7.38. The summed E-state index contributed by atoms with van der Waals surface area (Å²) in [5, 5.41) is 13.4. The lowest BCUT2D eigenvalue weighted by Gasteiger charge is -2.12. The summed E-state index contributed by atoms with van der Waals surface area (Å²) in [5.41, 5.74) is 1.19. The van der Waals surface area contributed by atoms with Crippen LogP contribution in [0.15, 0.2) is 27.4 Å². The summed E-state index contributed by atoms with van der Waals surface area (Å²) in [7, 11) is 0. The minimum atomic E-state index is 0.445. The third kappa shape index (κ3) is 4.45. The Morgan fingerprint density at radius 3 is 2.79 bits per heavy atom. The molecule has 2 rings (SSSR count). The number of rotatable bonds is 5. The summed E-state index contributed by atoms with van der Waals surface area (Å²) in [6, 6.07) is 6.41. The lowest BCUT2D eigenvalue weighted by Crippen LogP contribution is -2.22. The summed E-state index contributed by atoms with van der Waals surface area (Å²) in [5.74, 6) is 0. The molecule has 0 aliphatic heterocycles. The third-order valence-electron chi connectivity index (χ3n) is 2.43. The molecule has 0 unspecified atom stereocenters. The SMILES string of the molecule is Cc1nnc(Sc2ccc(Cl)cc2CNC(C)C)s1. The molecule has 1 aromatic carbocycles. The van der Waals surface area contributed by atoms with E-state index in [1.54, 1.807) is 23.1 Å². The number of benzene rings is 1. The van der Waals surface area contributed by atoms with Gasteiger partial charge in [0.25, 0.3) is 0 Å². The van der Waals surface area contributed by atoms with Crippen molar-refractivity contribution in [3.63, 3.8) is 0 Å². The molecule has 0 atom stereocenters. The van der Waals surface area contributed by atoms with Crippen LogP contribution in [0.4, 0.5) is 0 Å². The molecule has 1 N–H and O–H groups in total. The molecule has 0 radical (unpaired) electrons. The van der Waals surface area contributed by atoms with Crippen molar-refractivity contribution in [1.82, 2.24) is 15.5 Å². The molecule has 0 saturated heterocycles. The normalized spacial score (nSPS) is 11.2. The van der Waals surface area contributed by atoms with Gasteiger partial charge in [-0.1, -0.05) is 48.5 Å². The molecule has 0 aliphatic rings. The van der Waals surface area contributed by atoms with Gasteiger partial charge in [0.2, 0.25) is 0 Å². The van der Waals surface area contributed by atoms with Crippen LogP contribution < -0.4 is 5.32 Å². The number of aromatic nitrogens is 2. The maximum Gasteiger partial charge on any atom is 0.179 e. The highest BCUT2D eigenvalue weighted by molar-refractivity contribution is 8.01. The van der Waals surface area contributed by atoms with Gasteiger partial charge >= 0.3 is 0 Å². The topological polar surface area (TPSA) is 37.8 Å². The van der Waals surface area contributed by atoms with Gasteiger partial charge in [0.05, 0.1) is 0 Å². The fraction of sp³-hybridized carbons (Fsp3) is 0.385. The van der Waals surface area contributed by atoms with Gasteiger partial charge in [0.1, 0.15) is 5.01 Å². The van der Waals surface area contributed by atoms with E-state index in [1.165, 1.54) is 10.5 Å². The molecule has 0 bridgehead atoms. The smallest absolute Gasteiger partial charge is 0.179 e. The van der Waals surface area contributed by atoms with Crippen LogP contribution in [0.25, 0.3) is 0 Å². The van der Waals surface area contributed by atoms with Crippen LogP contribution in [0, 0.1) is 6.92 Å². The van der Waals surface area contributed by atoms with Gasteiger partial charge in [0.15, 0.2) is 4.34 Å². The van der Waals surface area contributed by atoms with Gasteiger partial charge in [0, 0.05) is 22.5 Å². The molecule has 0 saturated carbocycles. The summed E-state index contributed by atoms with van der Waals surface area (Å²) in [4.78, 5) is 1.17. The van der Waals surface area contributed by atoms with Crippen molar-refractivity contribution in [3.8, 4) is 0 Å². The second kappa shape index (κ2) is 6.70. The molecule has 102 valence electrons. The second-order valence-electron chi connectivity index (χ2n) is 4.48. The molecule has 1 heterocycles. The van der Waals surface area contributed by atoms with E-state index in [0.29, 0.717) is 6.04 Å². The van der Waals surface area contributed by atoms with Crippen molar-refractivity contribution in [2.75, 3.05) is 0 Å². The highest BCUT2D eigenvalue weighted by atomic mass is 35.5. The predicted octanol–water partition coefficient (Wildman–Crippen LogP) is 4.15. The molecule has 0 fully saturated rings. The van der Waals surface area contributed by atoms with Crippen molar-refractivity contribution >= 4 is 34.7 Å². The predicted molar refractivity (Wildman–Crippen MR) is 82.2 cm³/mol. The highest BCUT2D eigenvalue weighted by Gasteiger charge is 2.09. The van der Waals surface area contributed by atoms with Crippen LogP contribution in [-0.2, 0) is 6.54 Å². The van der Waals surface area contributed by atoms with Crippen LogP contribution in [-0.4, -0.2) is 16.2 Å². The van der Waals surface area contributed by atoms with Crippen molar-refractivity contribution in [2.45, 2.75) is 42.6 Å². The zero-order valence-electron chi connectivity index (χ0n) is 11.1. The van der Waals surface area contributed by atoms with Crippen LogP contribution in [0.2, 0.25) is 5.02 Å². The van der Waals surface area contributed by atoms with E-state index >= 15 is 0 Å². The molecule has 2 aromatic rings. The molecule has 0 aliphatic carbocycles. The molecular weight excluding hydrogens is 298 g/mol. The Labute approximate surface area is 126 Å². The maximum atomic E-state index is 6.08. The molecular formula is C13H16ClN3S2. The van der Waals surface area contributed by atoms with E-state index < -0.39 is 0 Å². The number of hydrogen-bond donors (Lipinski definition) is 1. The Morgan fingerprint density at radius 2 is 2.16 bits per heavy atom. The Bertz CT molecular complexity index is 555. The van der Waals surface area contributed by atoms with E-state index in [4.69, 9.17) is 11.6 Å². The summed E-state index contributed by atoms with van der Waals surface area (Å²) in [6.45, 7) is 7.03. The van der Waals surface area contributed by atoms with Crippen LogP contribution in [0.1, 0.15) is 24.4 Å². The minimum Gasteiger partial charge on any atom is -0.310 e. The zero-order chi connectivity index (χ0) is 13.8. The molecule has 0 amide bonds. The van der Waals surface area contributed by atoms with Crippen LogP contribution in [0.5, 0.6) is 0 Å². The van der Waals surface area contributed by atoms with E-state index in [1.807, 2.05) is 25.1 Å². The van der Waals surface area contributed by atoms with Gasteiger partial charge in [-0.25, -0.2) is 0 Å².